The first-order valence-corrected chi connectivity index (χ1v) is 9.08. The van der Waals surface area contributed by atoms with Crippen molar-refractivity contribution >= 4 is 0 Å². The predicted molar refractivity (Wildman–Crippen MR) is 98.2 cm³/mol. The first-order valence-electron chi connectivity index (χ1n) is 9.08. The first kappa shape index (κ1) is 16.4. The SMILES string of the molecule is Cc1ccccc1-c1cc2c(c(OCC3CCOC3)c1)OCCNC2. The number of hydrogen-bond donors (Lipinski definition) is 1. The van der Waals surface area contributed by atoms with E-state index in [-0.39, 0.29) is 0 Å². The molecule has 2 heterocycles. The second-order valence-corrected chi connectivity index (χ2v) is 6.84. The largest absolute Gasteiger partial charge is 0.489 e. The molecule has 4 heteroatoms. The Labute approximate surface area is 149 Å². The molecular weight excluding hydrogens is 314 g/mol. The highest BCUT2D eigenvalue weighted by Gasteiger charge is 2.21. The van der Waals surface area contributed by atoms with Gasteiger partial charge in [-0.3, -0.25) is 0 Å². The number of nitrogens with one attached hydrogen (secondary N) is 1. The Balaban J connectivity index is 1.69. The van der Waals surface area contributed by atoms with Gasteiger partial charge in [-0.1, -0.05) is 24.3 Å². The first-order chi connectivity index (χ1) is 12.3. The molecule has 1 unspecified atom stereocenters. The Morgan fingerprint density at radius 2 is 2.12 bits per heavy atom. The monoisotopic (exact) mass is 339 g/mol. The second-order valence-electron chi connectivity index (χ2n) is 6.84. The molecule has 0 aromatic heterocycles. The molecule has 4 nitrogen and oxygen atoms in total. The fourth-order valence-electron chi connectivity index (χ4n) is 3.49. The minimum Gasteiger partial charge on any atom is -0.489 e. The Morgan fingerprint density at radius 3 is 2.96 bits per heavy atom. The van der Waals surface area contributed by atoms with Crippen molar-refractivity contribution in [3.8, 4) is 22.6 Å². The molecule has 0 bridgehead atoms. The van der Waals surface area contributed by atoms with Crippen LogP contribution in [0.25, 0.3) is 11.1 Å². The predicted octanol–water partition coefficient (Wildman–Crippen LogP) is 3.56. The lowest BCUT2D eigenvalue weighted by Gasteiger charge is -2.18. The molecule has 1 saturated heterocycles. The van der Waals surface area contributed by atoms with Crippen LogP contribution in [0.4, 0.5) is 0 Å². The van der Waals surface area contributed by atoms with Crippen LogP contribution in [0.5, 0.6) is 11.5 Å². The zero-order chi connectivity index (χ0) is 17.1. The number of ether oxygens (including phenoxy) is 3. The number of fused-ring (bicyclic) bond motifs is 1. The molecule has 0 saturated carbocycles. The van der Waals surface area contributed by atoms with E-state index in [4.69, 9.17) is 14.2 Å². The van der Waals surface area contributed by atoms with Gasteiger partial charge in [0.2, 0.25) is 0 Å². The third kappa shape index (κ3) is 3.65. The lowest BCUT2D eigenvalue weighted by atomic mass is 9.98. The van der Waals surface area contributed by atoms with Crippen LogP contribution in [0.1, 0.15) is 17.5 Å². The molecule has 0 radical (unpaired) electrons. The Morgan fingerprint density at radius 1 is 1.20 bits per heavy atom. The van der Waals surface area contributed by atoms with Crippen molar-refractivity contribution in [1.29, 1.82) is 0 Å². The fraction of sp³-hybridized carbons (Fsp3) is 0.429. The molecule has 1 fully saturated rings. The highest BCUT2D eigenvalue weighted by atomic mass is 16.5. The summed E-state index contributed by atoms with van der Waals surface area (Å²) in [5.74, 6) is 2.22. The molecule has 2 aromatic rings. The van der Waals surface area contributed by atoms with Gasteiger partial charge in [0.1, 0.15) is 6.61 Å². The summed E-state index contributed by atoms with van der Waals surface area (Å²) in [5.41, 5.74) is 4.85. The molecule has 2 aliphatic heterocycles. The van der Waals surface area contributed by atoms with Crippen molar-refractivity contribution in [2.24, 2.45) is 5.92 Å². The van der Waals surface area contributed by atoms with Gasteiger partial charge in [-0.15, -0.1) is 0 Å². The average molecular weight is 339 g/mol. The van der Waals surface area contributed by atoms with Crippen molar-refractivity contribution in [3.63, 3.8) is 0 Å². The Bertz CT molecular complexity index is 738. The lowest BCUT2D eigenvalue weighted by Crippen LogP contribution is -2.16. The topological polar surface area (TPSA) is 39.7 Å². The average Bonchev–Trinajstić information content (AvgIpc) is 3.03. The van der Waals surface area contributed by atoms with E-state index in [1.807, 2.05) is 0 Å². The number of benzene rings is 2. The summed E-state index contributed by atoms with van der Waals surface area (Å²) in [4.78, 5) is 0. The molecule has 2 aliphatic rings. The maximum atomic E-state index is 6.21. The van der Waals surface area contributed by atoms with Crippen LogP contribution < -0.4 is 14.8 Å². The number of rotatable bonds is 4. The van der Waals surface area contributed by atoms with Gasteiger partial charge >= 0.3 is 0 Å². The van der Waals surface area contributed by atoms with Gasteiger partial charge in [0.15, 0.2) is 11.5 Å². The third-order valence-electron chi connectivity index (χ3n) is 4.93. The van der Waals surface area contributed by atoms with Crippen LogP contribution in [-0.2, 0) is 11.3 Å². The summed E-state index contributed by atoms with van der Waals surface area (Å²) in [6.45, 7) is 6.78. The zero-order valence-corrected chi connectivity index (χ0v) is 14.7. The highest BCUT2D eigenvalue weighted by Crippen LogP contribution is 2.38. The van der Waals surface area contributed by atoms with Gasteiger partial charge in [-0.05, 0) is 42.2 Å². The molecule has 1 N–H and O–H groups in total. The summed E-state index contributed by atoms with van der Waals surface area (Å²) in [6, 6.07) is 12.8. The smallest absolute Gasteiger partial charge is 0.165 e. The summed E-state index contributed by atoms with van der Waals surface area (Å²) in [6.07, 6.45) is 1.07. The summed E-state index contributed by atoms with van der Waals surface area (Å²) >= 11 is 0. The fourth-order valence-corrected chi connectivity index (χ4v) is 3.49. The van der Waals surface area contributed by atoms with Crippen LogP contribution in [0.15, 0.2) is 36.4 Å². The Kier molecular flexibility index (Phi) is 4.90. The molecule has 4 rings (SSSR count). The maximum absolute atomic E-state index is 6.21. The lowest BCUT2D eigenvalue weighted by molar-refractivity contribution is 0.165. The maximum Gasteiger partial charge on any atom is 0.165 e. The van der Waals surface area contributed by atoms with Crippen molar-refractivity contribution in [3.05, 3.63) is 47.5 Å². The van der Waals surface area contributed by atoms with Gasteiger partial charge in [-0.25, -0.2) is 0 Å². The van der Waals surface area contributed by atoms with E-state index in [0.29, 0.717) is 19.1 Å². The van der Waals surface area contributed by atoms with E-state index < -0.39 is 0 Å². The summed E-state index contributed by atoms with van der Waals surface area (Å²) < 4.78 is 17.7. The van der Waals surface area contributed by atoms with Crippen LogP contribution in [-0.4, -0.2) is 33.0 Å². The Hall–Kier alpha value is -2.04. The van der Waals surface area contributed by atoms with E-state index in [9.17, 15) is 0 Å². The van der Waals surface area contributed by atoms with Gasteiger partial charge < -0.3 is 19.5 Å². The van der Waals surface area contributed by atoms with Crippen LogP contribution in [0.2, 0.25) is 0 Å². The molecule has 132 valence electrons. The van der Waals surface area contributed by atoms with Crippen LogP contribution in [0.3, 0.4) is 0 Å². The molecule has 25 heavy (non-hydrogen) atoms. The molecule has 0 spiro atoms. The van der Waals surface area contributed by atoms with E-state index in [1.54, 1.807) is 0 Å². The minimum atomic E-state index is 0.474. The minimum absolute atomic E-state index is 0.474. The molecular formula is C21H25NO3. The molecule has 0 aliphatic carbocycles. The molecule has 0 amide bonds. The quantitative estimate of drug-likeness (QED) is 0.925. The summed E-state index contributed by atoms with van der Waals surface area (Å²) in [5, 5.41) is 3.42. The van der Waals surface area contributed by atoms with Crippen molar-refractivity contribution in [1.82, 2.24) is 5.32 Å². The van der Waals surface area contributed by atoms with Gasteiger partial charge in [0, 0.05) is 31.2 Å². The van der Waals surface area contributed by atoms with Gasteiger partial charge in [0.05, 0.1) is 13.2 Å². The van der Waals surface area contributed by atoms with E-state index in [1.165, 1.54) is 16.7 Å². The number of hydrogen-bond acceptors (Lipinski definition) is 4. The standard InChI is InChI=1S/C21H25NO3/c1-15-4-2-3-5-19(15)17-10-18-12-22-7-9-24-21(18)20(11-17)25-14-16-6-8-23-13-16/h2-5,10-11,16,22H,6-9,12-14H2,1H3. The summed E-state index contributed by atoms with van der Waals surface area (Å²) in [7, 11) is 0. The van der Waals surface area contributed by atoms with Crippen molar-refractivity contribution in [2.75, 3.05) is 33.0 Å². The second kappa shape index (κ2) is 7.46. The van der Waals surface area contributed by atoms with Crippen LogP contribution >= 0.6 is 0 Å². The van der Waals surface area contributed by atoms with E-state index >= 15 is 0 Å². The molecule has 1 atom stereocenters. The normalized spacial score (nSPS) is 19.8. The van der Waals surface area contributed by atoms with Gasteiger partial charge in [-0.2, -0.15) is 0 Å². The zero-order valence-electron chi connectivity index (χ0n) is 14.7. The van der Waals surface area contributed by atoms with E-state index in [2.05, 4.69) is 48.6 Å². The van der Waals surface area contributed by atoms with Gasteiger partial charge in [0.25, 0.3) is 0 Å². The number of aryl methyl sites for hydroxylation is 1. The van der Waals surface area contributed by atoms with Crippen LogP contribution in [0, 0.1) is 12.8 Å². The van der Waals surface area contributed by atoms with E-state index in [0.717, 1.165) is 49.8 Å². The van der Waals surface area contributed by atoms with Crippen molar-refractivity contribution in [2.45, 2.75) is 19.9 Å². The highest BCUT2D eigenvalue weighted by molar-refractivity contribution is 5.71. The van der Waals surface area contributed by atoms with Crippen molar-refractivity contribution < 1.29 is 14.2 Å². The third-order valence-corrected chi connectivity index (χ3v) is 4.93. The molecule has 2 aromatic carbocycles.